The zero-order valence-electron chi connectivity index (χ0n) is 10.5. The van der Waals surface area contributed by atoms with Gasteiger partial charge in [-0.15, -0.1) is 0 Å². The summed E-state index contributed by atoms with van der Waals surface area (Å²) in [6, 6.07) is 6.33. The highest BCUT2D eigenvalue weighted by atomic mass is 32.1. The number of hydrogen-bond acceptors (Lipinski definition) is 5. The molecule has 0 aliphatic carbocycles. The quantitative estimate of drug-likeness (QED) is 0.530. The van der Waals surface area contributed by atoms with Crippen LogP contribution in [0.3, 0.4) is 0 Å². The zero-order valence-corrected chi connectivity index (χ0v) is 11.3. The third-order valence-electron chi connectivity index (χ3n) is 2.39. The fourth-order valence-corrected chi connectivity index (χ4v) is 2.32. The molecule has 0 fully saturated rings. The van der Waals surface area contributed by atoms with E-state index in [9.17, 15) is 9.18 Å². The molecule has 0 unspecified atom stereocenters. The van der Waals surface area contributed by atoms with E-state index in [4.69, 9.17) is 0 Å². The van der Waals surface area contributed by atoms with Gasteiger partial charge in [0, 0.05) is 12.5 Å². The van der Waals surface area contributed by atoms with Crippen molar-refractivity contribution in [1.82, 2.24) is 4.98 Å². The molecule has 0 aliphatic rings. The molecule has 4 nitrogen and oxygen atoms in total. The van der Waals surface area contributed by atoms with E-state index in [1.165, 1.54) is 30.5 Å². The number of rotatable bonds is 4. The number of hydrazone groups is 1. The molecular formula is C13H12FN3OS. The molecule has 0 bridgehead atoms. The van der Waals surface area contributed by atoms with Crippen molar-refractivity contribution in [3.8, 4) is 0 Å². The van der Waals surface area contributed by atoms with Crippen LogP contribution in [0.15, 0.2) is 29.4 Å². The SMILES string of the molecule is CC(=O)c1sc(NN=Cc2ccccc2F)nc1C. The Labute approximate surface area is 114 Å². The smallest absolute Gasteiger partial charge is 0.204 e. The van der Waals surface area contributed by atoms with Crippen molar-refractivity contribution >= 4 is 28.5 Å². The normalized spacial score (nSPS) is 10.9. The number of carbonyl (C=O) groups is 1. The van der Waals surface area contributed by atoms with E-state index in [1.807, 2.05) is 0 Å². The minimum absolute atomic E-state index is 0.0267. The van der Waals surface area contributed by atoms with E-state index in [0.29, 0.717) is 21.3 Å². The maximum absolute atomic E-state index is 13.3. The van der Waals surface area contributed by atoms with Crippen LogP contribution in [0, 0.1) is 12.7 Å². The number of nitrogens with one attached hydrogen (secondary N) is 1. The van der Waals surface area contributed by atoms with Gasteiger partial charge in [0.2, 0.25) is 5.13 Å². The van der Waals surface area contributed by atoms with Crippen LogP contribution in [-0.4, -0.2) is 17.0 Å². The summed E-state index contributed by atoms with van der Waals surface area (Å²) in [7, 11) is 0. The van der Waals surface area contributed by atoms with Crippen molar-refractivity contribution < 1.29 is 9.18 Å². The molecule has 2 aromatic rings. The van der Waals surface area contributed by atoms with Crippen LogP contribution in [-0.2, 0) is 0 Å². The third-order valence-corrected chi connectivity index (χ3v) is 3.55. The van der Waals surface area contributed by atoms with Crippen LogP contribution < -0.4 is 5.43 Å². The molecule has 0 atom stereocenters. The Balaban J connectivity index is 2.09. The largest absolute Gasteiger partial charge is 0.294 e. The fourth-order valence-electron chi connectivity index (χ4n) is 1.51. The monoisotopic (exact) mass is 277 g/mol. The number of nitrogens with zero attached hydrogens (tertiary/aromatic N) is 2. The highest BCUT2D eigenvalue weighted by Crippen LogP contribution is 2.22. The lowest BCUT2D eigenvalue weighted by Crippen LogP contribution is -1.92. The second-order valence-corrected chi connectivity index (χ2v) is 4.88. The number of aryl methyl sites for hydroxylation is 1. The fraction of sp³-hybridized carbons (Fsp3) is 0.154. The number of thiazole rings is 1. The van der Waals surface area contributed by atoms with Gasteiger partial charge < -0.3 is 0 Å². The topological polar surface area (TPSA) is 54.4 Å². The summed E-state index contributed by atoms with van der Waals surface area (Å²) < 4.78 is 13.3. The van der Waals surface area contributed by atoms with Gasteiger partial charge in [-0.25, -0.2) is 9.37 Å². The summed E-state index contributed by atoms with van der Waals surface area (Å²) in [4.78, 5) is 16.0. The van der Waals surface area contributed by atoms with Gasteiger partial charge in [-0.3, -0.25) is 10.2 Å². The molecule has 1 aromatic heterocycles. The Morgan fingerprint density at radius 3 is 2.84 bits per heavy atom. The van der Waals surface area contributed by atoms with Crippen molar-refractivity contribution in [2.24, 2.45) is 5.10 Å². The molecule has 2 rings (SSSR count). The molecule has 0 saturated carbocycles. The van der Waals surface area contributed by atoms with Gasteiger partial charge >= 0.3 is 0 Å². The van der Waals surface area contributed by atoms with Crippen LogP contribution in [0.5, 0.6) is 0 Å². The third kappa shape index (κ3) is 3.23. The van der Waals surface area contributed by atoms with E-state index in [2.05, 4.69) is 15.5 Å². The number of ketones is 1. The van der Waals surface area contributed by atoms with Gasteiger partial charge in [0.1, 0.15) is 5.82 Å². The first-order chi connectivity index (χ1) is 9.08. The van der Waals surface area contributed by atoms with Crippen molar-refractivity contribution in [1.29, 1.82) is 0 Å². The number of carbonyl (C=O) groups excluding carboxylic acids is 1. The number of benzene rings is 1. The first-order valence-electron chi connectivity index (χ1n) is 5.60. The number of anilines is 1. The van der Waals surface area contributed by atoms with Crippen LogP contribution >= 0.6 is 11.3 Å². The van der Waals surface area contributed by atoms with Gasteiger partial charge in [0.25, 0.3) is 0 Å². The molecule has 0 spiro atoms. The average molecular weight is 277 g/mol. The molecule has 98 valence electrons. The molecule has 6 heteroatoms. The highest BCUT2D eigenvalue weighted by molar-refractivity contribution is 7.17. The van der Waals surface area contributed by atoms with Gasteiger partial charge in [-0.1, -0.05) is 29.5 Å². The summed E-state index contributed by atoms with van der Waals surface area (Å²) in [5.74, 6) is -0.367. The van der Waals surface area contributed by atoms with E-state index >= 15 is 0 Å². The molecule has 0 aliphatic heterocycles. The molecule has 19 heavy (non-hydrogen) atoms. The second-order valence-electron chi connectivity index (χ2n) is 3.88. The maximum atomic E-state index is 13.3. The second kappa shape index (κ2) is 5.71. The lowest BCUT2D eigenvalue weighted by Gasteiger charge is -1.95. The number of hydrogen-bond donors (Lipinski definition) is 1. The zero-order chi connectivity index (χ0) is 13.8. The van der Waals surface area contributed by atoms with Gasteiger partial charge in [0.05, 0.1) is 16.8 Å². The van der Waals surface area contributed by atoms with Crippen LogP contribution in [0.25, 0.3) is 0 Å². The average Bonchev–Trinajstić information content (AvgIpc) is 2.73. The molecule has 1 N–H and O–H groups in total. The first kappa shape index (κ1) is 13.4. The maximum Gasteiger partial charge on any atom is 0.204 e. The number of halogens is 1. The van der Waals surface area contributed by atoms with E-state index < -0.39 is 0 Å². The van der Waals surface area contributed by atoms with Crippen molar-refractivity contribution in [2.45, 2.75) is 13.8 Å². The summed E-state index contributed by atoms with van der Waals surface area (Å²) >= 11 is 1.23. The lowest BCUT2D eigenvalue weighted by atomic mass is 10.2. The van der Waals surface area contributed by atoms with Crippen molar-refractivity contribution in [2.75, 3.05) is 5.43 Å². The minimum atomic E-state index is -0.340. The Kier molecular flexibility index (Phi) is 4.01. The van der Waals surface area contributed by atoms with Crippen molar-refractivity contribution in [3.63, 3.8) is 0 Å². The Bertz CT molecular complexity index is 637. The Morgan fingerprint density at radius 2 is 2.21 bits per heavy atom. The first-order valence-corrected chi connectivity index (χ1v) is 6.41. The summed E-state index contributed by atoms with van der Waals surface area (Å²) in [6.07, 6.45) is 1.37. The molecule has 0 saturated heterocycles. The predicted octanol–water partition coefficient (Wildman–Crippen LogP) is 3.24. The molecule has 1 heterocycles. The van der Waals surface area contributed by atoms with Gasteiger partial charge in [-0.05, 0) is 13.0 Å². The number of Topliss-reactive ketones (excluding diaryl/α,β-unsaturated/α-hetero) is 1. The molecule has 0 radical (unpaired) electrons. The standard InChI is InChI=1S/C13H12FN3OS/c1-8-12(9(2)18)19-13(16-8)17-15-7-10-5-3-4-6-11(10)14/h3-7H,1-2H3,(H,16,17). The summed E-state index contributed by atoms with van der Waals surface area (Å²) in [5, 5.41) is 4.42. The Morgan fingerprint density at radius 1 is 1.47 bits per heavy atom. The number of aromatic nitrogens is 1. The van der Waals surface area contributed by atoms with E-state index in [-0.39, 0.29) is 11.6 Å². The van der Waals surface area contributed by atoms with E-state index in [0.717, 1.165) is 0 Å². The Hall–Kier alpha value is -2.08. The van der Waals surface area contributed by atoms with Crippen LogP contribution in [0.1, 0.15) is 27.9 Å². The van der Waals surface area contributed by atoms with Gasteiger partial charge in [-0.2, -0.15) is 5.10 Å². The molecule has 0 amide bonds. The highest BCUT2D eigenvalue weighted by Gasteiger charge is 2.10. The van der Waals surface area contributed by atoms with Crippen LogP contribution in [0.2, 0.25) is 0 Å². The van der Waals surface area contributed by atoms with Gasteiger partial charge in [0.15, 0.2) is 5.78 Å². The lowest BCUT2D eigenvalue weighted by molar-refractivity contribution is 0.102. The summed E-state index contributed by atoms with van der Waals surface area (Å²) in [5.41, 5.74) is 3.75. The molecular weight excluding hydrogens is 265 g/mol. The van der Waals surface area contributed by atoms with Crippen LogP contribution in [0.4, 0.5) is 9.52 Å². The summed E-state index contributed by atoms with van der Waals surface area (Å²) in [6.45, 7) is 3.26. The molecule has 1 aromatic carbocycles. The minimum Gasteiger partial charge on any atom is -0.294 e. The predicted molar refractivity (Wildman–Crippen MR) is 74.5 cm³/mol. The van der Waals surface area contributed by atoms with E-state index in [1.54, 1.807) is 25.1 Å². The van der Waals surface area contributed by atoms with Crippen molar-refractivity contribution in [3.05, 3.63) is 46.2 Å².